The number of rotatable bonds is 0. The molecule has 0 N–H and O–H groups in total. The standard InChI is InChI=1S/C10H4Se4/c1-2-6-10-8(14-12-6)4-3-7-9(10)5(1)11-13-7/h1-4H. The van der Waals surface area contributed by atoms with Gasteiger partial charge in [-0.3, -0.25) is 0 Å². The molecular weight excluding hydrogens is 436 g/mol. The summed E-state index contributed by atoms with van der Waals surface area (Å²) < 4.78 is 6.78. The molecule has 0 bridgehead atoms. The third kappa shape index (κ3) is 1.07. The van der Waals surface area contributed by atoms with Gasteiger partial charge in [0.2, 0.25) is 0 Å². The van der Waals surface area contributed by atoms with Gasteiger partial charge in [0.05, 0.1) is 0 Å². The van der Waals surface area contributed by atoms with Crippen LogP contribution in [0.15, 0.2) is 24.3 Å². The normalized spacial score (nSPS) is 16.9. The number of hydrogen-bond donors (Lipinski definition) is 0. The summed E-state index contributed by atoms with van der Waals surface area (Å²) in [6, 6.07) is 9.68. The molecule has 2 aromatic rings. The molecule has 0 aliphatic carbocycles. The van der Waals surface area contributed by atoms with E-state index in [0.29, 0.717) is 0 Å². The molecule has 0 atom stereocenters. The molecule has 2 heterocycles. The molecule has 0 saturated heterocycles. The summed E-state index contributed by atoms with van der Waals surface area (Å²) in [6.07, 6.45) is 0. The molecule has 0 amide bonds. The Hall–Kier alpha value is 0.778. The van der Waals surface area contributed by atoms with Crippen LogP contribution in [0.4, 0.5) is 0 Å². The van der Waals surface area contributed by atoms with Crippen molar-refractivity contribution in [3.05, 3.63) is 24.3 Å². The summed E-state index contributed by atoms with van der Waals surface area (Å²) in [7, 11) is 0. The average Bonchev–Trinajstić information content (AvgIpc) is 2.77. The van der Waals surface area contributed by atoms with E-state index in [1.165, 1.54) is 0 Å². The van der Waals surface area contributed by atoms with Crippen molar-refractivity contribution in [1.82, 2.24) is 0 Å². The van der Waals surface area contributed by atoms with Crippen molar-refractivity contribution >= 4 is 81.1 Å². The first-order valence-corrected chi connectivity index (χ1v) is 16.3. The van der Waals surface area contributed by atoms with Gasteiger partial charge in [0.25, 0.3) is 0 Å². The summed E-state index contributed by atoms with van der Waals surface area (Å²) in [4.78, 5) is 0. The van der Waals surface area contributed by atoms with Crippen LogP contribution < -0.4 is 17.8 Å². The molecule has 0 radical (unpaired) electrons. The maximum absolute atomic E-state index is 2.42. The first kappa shape index (κ1) is 8.88. The van der Waals surface area contributed by atoms with Crippen molar-refractivity contribution in [2.45, 2.75) is 0 Å². The predicted octanol–water partition coefficient (Wildman–Crippen LogP) is -1.98. The van der Waals surface area contributed by atoms with Crippen molar-refractivity contribution in [1.29, 1.82) is 0 Å². The quantitative estimate of drug-likeness (QED) is 0.417. The maximum atomic E-state index is 2.42. The Bertz CT molecular complexity index is 464. The molecule has 4 heteroatoms. The zero-order valence-corrected chi connectivity index (χ0v) is 13.8. The molecule has 14 heavy (non-hydrogen) atoms. The zero-order chi connectivity index (χ0) is 9.12. The van der Waals surface area contributed by atoms with Gasteiger partial charge in [0, 0.05) is 0 Å². The van der Waals surface area contributed by atoms with Crippen LogP contribution in [0.2, 0.25) is 0 Å². The van der Waals surface area contributed by atoms with Crippen molar-refractivity contribution < 1.29 is 0 Å². The summed E-state index contributed by atoms with van der Waals surface area (Å²) >= 11 is 3.15. The fourth-order valence-corrected chi connectivity index (χ4v) is 16.7. The number of hydrogen-bond acceptors (Lipinski definition) is 0. The molecular formula is C10H4Se4. The van der Waals surface area contributed by atoms with Crippen LogP contribution in [0.1, 0.15) is 0 Å². The summed E-state index contributed by atoms with van der Waals surface area (Å²) in [5, 5.41) is 3.39. The predicted molar refractivity (Wildman–Crippen MR) is 65.5 cm³/mol. The van der Waals surface area contributed by atoms with E-state index in [1.807, 2.05) is 0 Å². The Balaban J connectivity index is 2.34. The van der Waals surface area contributed by atoms with Gasteiger partial charge in [-0.25, -0.2) is 0 Å². The van der Waals surface area contributed by atoms with Crippen molar-refractivity contribution in [3.63, 3.8) is 0 Å². The Morgan fingerprint density at radius 3 is 1.07 bits per heavy atom. The average molecular weight is 440 g/mol. The Labute approximate surface area is 104 Å². The van der Waals surface area contributed by atoms with E-state index in [-0.39, 0.29) is 0 Å². The van der Waals surface area contributed by atoms with Gasteiger partial charge in [0.15, 0.2) is 0 Å². The molecule has 2 aromatic carbocycles. The second-order valence-corrected chi connectivity index (χ2v) is 15.6. The molecule has 0 fully saturated rings. The first-order chi connectivity index (χ1) is 6.93. The fourth-order valence-electron chi connectivity index (χ4n) is 1.83. The Kier molecular flexibility index (Phi) is 1.99. The van der Waals surface area contributed by atoms with E-state index >= 15 is 0 Å². The second kappa shape index (κ2) is 3.14. The van der Waals surface area contributed by atoms with Crippen LogP contribution >= 0.6 is 0 Å². The molecule has 0 spiro atoms. The molecule has 68 valence electrons. The van der Waals surface area contributed by atoms with Crippen LogP contribution in [0.3, 0.4) is 0 Å². The van der Waals surface area contributed by atoms with Gasteiger partial charge >= 0.3 is 105 Å². The molecule has 4 rings (SSSR count). The van der Waals surface area contributed by atoms with Crippen molar-refractivity contribution in [3.8, 4) is 0 Å². The van der Waals surface area contributed by atoms with Gasteiger partial charge in [-0.05, 0) is 0 Å². The van der Waals surface area contributed by atoms with Crippen molar-refractivity contribution in [2.75, 3.05) is 0 Å². The third-order valence-corrected chi connectivity index (χ3v) is 16.8. The minimum atomic E-state index is 0.787. The first-order valence-electron chi connectivity index (χ1n) is 4.22. The molecule has 0 nitrogen and oxygen atoms in total. The van der Waals surface area contributed by atoms with E-state index in [1.54, 1.807) is 28.6 Å². The third-order valence-electron chi connectivity index (χ3n) is 2.45. The van der Waals surface area contributed by atoms with Crippen LogP contribution in [0.5, 0.6) is 0 Å². The monoisotopic (exact) mass is 444 g/mol. The SMILES string of the molecule is c1cc2c3c(ccc4c3c1[Se][Se]4)[Se][Se]2. The molecule has 0 unspecified atom stereocenters. The molecule has 2 aliphatic heterocycles. The fraction of sp³-hybridized carbons (Fsp3) is 0. The van der Waals surface area contributed by atoms with Gasteiger partial charge in [0.1, 0.15) is 0 Å². The van der Waals surface area contributed by atoms with Crippen LogP contribution in [0, 0.1) is 0 Å². The van der Waals surface area contributed by atoms with Crippen LogP contribution in [0.25, 0.3) is 10.8 Å². The van der Waals surface area contributed by atoms with Crippen LogP contribution in [-0.4, -0.2) is 52.5 Å². The van der Waals surface area contributed by atoms with E-state index in [9.17, 15) is 0 Å². The molecule has 2 aliphatic rings. The summed E-state index contributed by atoms with van der Waals surface area (Å²) in [5.74, 6) is 0. The van der Waals surface area contributed by atoms with E-state index in [0.717, 1.165) is 52.5 Å². The van der Waals surface area contributed by atoms with Gasteiger partial charge < -0.3 is 0 Å². The van der Waals surface area contributed by atoms with Gasteiger partial charge in [-0.1, -0.05) is 0 Å². The second-order valence-electron chi connectivity index (χ2n) is 3.21. The van der Waals surface area contributed by atoms with E-state index in [2.05, 4.69) is 24.3 Å². The van der Waals surface area contributed by atoms with E-state index in [4.69, 9.17) is 0 Å². The van der Waals surface area contributed by atoms with Crippen molar-refractivity contribution in [2.24, 2.45) is 0 Å². The molecule has 0 aromatic heterocycles. The van der Waals surface area contributed by atoms with Gasteiger partial charge in [-0.15, -0.1) is 0 Å². The minimum absolute atomic E-state index is 0.787. The zero-order valence-electron chi connectivity index (χ0n) is 6.94. The summed E-state index contributed by atoms with van der Waals surface area (Å²) in [6.45, 7) is 0. The van der Waals surface area contributed by atoms with Gasteiger partial charge in [-0.2, -0.15) is 0 Å². The van der Waals surface area contributed by atoms with E-state index < -0.39 is 0 Å². The topological polar surface area (TPSA) is 0 Å². The Morgan fingerprint density at radius 2 is 0.786 bits per heavy atom. The summed E-state index contributed by atoms with van der Waals surface area (Å²) in [5.41, 5.74) is 0. The Morgan fingerprint density at radius 1 is 0.500 bits per heavy atom. The van der Waals surface area contributed by atoms with Crippen LogP contribution in [-0.2, 0) is 0 Å². The molecule has 0 saturated carbocycles. The number of benzene rings is 2.